The molecule has 1 aromatic rings. The molecule has 0 unspecified atom stereocenters. The predicted molar refractivity (Wildman–Crippen MR) is 82.2 cm³/mol. The quantitative estimate of drug-likeness (QED) is 0.928. The van der Waals surface area contributed by atoms with Crippen LogP contribution >= 0.6 is 0 Å². The number of halogens is 2. The SMILES string of the molecule is Cn1cc([C@@H]2CCCN2C(=O)NCC2CCC(F)(F)CC2)cn1. The molecule has 2 fully saturated rings. The maximum absolute atomic E-state index is 13.2. The number of rotatable bonds is 3. The molecule has 2 amide bonds. The van der Waals surface area contributed by atoms with Crippen molar-refractivity contribution in [1.82, 2.24) is 20.0 Å². The maximum atomic E-state index is 13.2. The Kier molecular flexibility index (Phi) is 4.55. The summed E-state index contributed by atoms with van der Waals surface area (Å²) in [7, 11) is 1.86. The second-order valence-corrected chi connectivity index (χ2v) is 6.78. The highest BCUT2D eigenvalue weighted by molar-refractivity contribution is 5.75. The molecule has 2 heterocycles. The van der Waals surface area contributed by atoms with Crippen molar-refractivity contribution < 1.29 is 13.6 Å². The molecule has 128 valence electrons. The van der Waals surface area contributed by atoms with Crippen LogP contribution in [0.4, 0.5) is 13.6 Å². The van der Waals surface area contributed by atoms with Gasteiger partial charge in [0.2, 0.25) is 5.92 Å². The minimum absolute atomic E-state index is 0.0600. The third kappa shape index (κ3) is 3.82. The molecule has 1 aromatic heterocycles. The predicted octanol–water partition coefficient (Wildman–Crippen LogP) is 3.09. The van der Waals surface area contributed by atoms with Crippen molar-refractivity contribution in [2.24, 2.45) is 13.0 Å². The van der Waals surface area contributed by atoms with Crippen molar-refractivity contribution in [3.05, 3.63) is 18.0 Å². The molecule has 1 atom stereocenters. The van der Waals surface area contributed by atoms with Crippen LogP contribution in [0.5, 0.6) is 0 Å². The van der Waals surface area contributed by atoms with E-state index >= 15 is 0 Å². The lowest BCUT2D eigenvalue weighted by Gasteiger charge is -2.30. The van der Waals surface area contributed by atoms with Gasteiger partial charge in [-0.15, -0.1) is 0 Å². The Morgan fingerprint density at radius 3 is 2.78 bits per heavy atom. The Morgan fingerprint density at radius 1 is 1.39 bits per heavy atom. The molecule has 3 rings (SSSR count). The summed E-state index contributed by atoms with van der Waals surface area (Å²) >= 11 is 0. The van der Waals surface area contributed by atoms with Gasteiger partial charge < -0.3 is 10.2 Å². The Labute approximate surface area is 135 Å². The van der Waals surface area contributed by atoms with E-state index in [1.165, 1.54) is 0 Å². The van der Waals surface area contributed by atoms with E-state index in [0.717, 1.165) is 24.9 Å². The minimum atomic E-state index is -2.51. The van der Waals surface area contributed by atoms with Gasteiger partial charge in [0, 0.05) is 44.7 Å². The van der Waals surface area contributed by atoms with E-state index in [1.807, 2.05) is 18.1 Å². The summed E-state index contributed by atoms with van der Waals surface area (Å²) in [5, 5.41) is 7.12. The van der Waals surface area contributed by atoms with Crippen LogP contribution in [-0.4, -0.2) is 39.7 Å². The summed E-state index contributed by atoms with van der Waals surface area (Å²) in [6.07, 6.45) is 6.51. The van der Waals surface area contributed by atoms with Gasteiger partial charge in [0.05, 0.1) is 12.2 Å². The van der Waals surface area contributed by atoms with Crippen molar-refractivity contribution in [3.8, 4) is 0 Å². The largest absolute Gasteiger partial charge is 0.338 e. The van der Waals surface area contributed by atoms with Crippen LogP contribution in [0.15, 0.2) is 12.4 Å². The van der Waals surface area contributed by atoms with Crippen molar-refractivity contribution in [1.29, 1.82) is 0 Å². The van der Waals surface area contributed by atoms with Gasteiger partial charge in [-0.2, -0.15) is 5.10 Å². The first-order valence-electron chi connectivity index (χ1n) is 8.35. The summed E-state index contributed by atoms with van der Waals surface area (Å²) in [6.45, 7) is 1.22. The molecule has 0 aromatic carbocycles. The number of amides is 2. The van der Waals surface area contributed by atoms with Crippen LogP contribution in [0.2, 0.25) is 0 Å². The molecule has 0 radical (unpaired) electrons. The number of hydrogen-bond acceptors (Lipinski definition) is 2. The third-order valence-corrected chi connectivity index (χ3v) is 5.00. The van der Waals surface area contributed by atoms with Crippen molar-refractivity contribution in [2.75, 3.05) is 13.1 Å². The van der Waals surface area contributed by atoms with E-state index in [1.54, 1.807) is 10.9 Å². The molecule has 1 aliphatic carbocycles. The number of alkyl halides is 2. The van der Waals surface area contributed by atoms with Crippen LogP contribution in [0.3, 0.4) is 0 Å². The van der Waals surface area contributed by atoms with Crippen molar-refractivity contribution >= 4 is 6.03 Å². The topological polar surface area (TPSA) is 50.2 Å². The fourth-order valence-corrected chi connectivity index (χ4v) is 3.61. The minimum Gasteiger partial charge on any atom is -0.338 e. The lowest BCUT2D eigenvalue weighted by Crippen LogP contribution is -2.42. The fourth-order valence-electron chi connectivity index (χ4n) is 3.61. The number of hydrogen-bond donors (Lipinski definition) is 1. The number of nitrogens with zero attached hydrogens (tertiary/aromatic N) is 3. The summed E-state index contributed by atoms with van der Waals surface area (Å²) in [4.78, 5) is 14.3. The second-order valence-electron chi connectivity index (χ2n) is 6.78. The average Bonchev–Trinajstić information content (AvgIpc) is 3.14. The zero-order chi connectivity index (χ0) is 16.4. The van der Waals surface area contributed by atoms with E-state index in [4.69, 9.17) is 0 Å². The third-order valence-electron chi connectivity index (χ3n) is 5.00. The molecule has 1 N–H and O–H groups in total. The number of carbonyl (C=O) groups is 1. The van der Waals surface area contributed by atoms with Crippen molar-refractivity contribution in [2.45, 2.75) is 50.5 Å². The fraction of sp³-hybridized carbons (Fsp3) is 0.750. The van der Waals surface area contributed by atoms with Crippen LogP contribution in [0.25, 0.3) is 0 Å². The molecule has 2 aliphatic rings. The molecule has 1 saturated heterocycles. The monoisotopic (exact) mass is 326 g/mol. The van der Waals surface area contributed by atoms with E-state index < -0.39 is 5.92 Å². The number of nitrogens with one attached hydrogen (secondary N) is 1. The lowest BCUT2D eigenvalue weighted by molar-refractivity contribution is -0.0452. The lowest BCUT2D eigenvalue weighted by atomic mass is 9.87. The van der Waals surface area contributed by atoms with Crippen LogP contribution < -0.4 is 5.32 Å². The Morgan fingerprint density at radius 2 is 2.13 bits per heavy atom. The van der Waals surface area contributed by atoms with E-state index in [0.29, 0.717) is 19.4 Å². The molecule has 1 aliphatic heterocycles. The number of likely N-dealkylation sites (tertiary alicyclic amines) is 1. The molecule has 23 heavy (non-hydrogen) atoms. The van der Waals surface area contributed by atoms with Gasteiger partial charge in [0.25, 0.3) is 0 Å². The zero-order valence-corrected chi connectivity index (χ0v) is 13.5. The zero-order valence-electron chi connectivity index (χ0n) is 13.5. The van der Waals surface area contributed by atoms with Gasteiger partial charge in [0.1, 0.15) is 0 Å². The van der Waals surface area contributed by atoms with Gasteiger partial charge in [-0.05, 0) is 31.6 Å². The van der Waals surface area contributed by atoms with Gasteiger partial charge in [-0.1, -0.05) is 0 Å². The van der Waals surface area contributed by atoms with Crippen LogP contribution in [0.1, 0.15) is 50.1 Å². The van der Waals surface area contributed by atoms with Gasteiger partial charge in [-0.3, -0.25) is 4.68 Å². The molecule has 1 saturated carbocycles. The molecular weight excluding hydrogens is 302 g/mol. The smallest absolute Gasteiger partial charge is 0.317 e. The van der Waals surface area contributed by atoms with Gasteiger partial charge in [-0.25, -0.2) is 13.6 Å². The summed E-state index contributed by atoms with van der Waals surface area (Å²) in [5.74, 6) is -2.35. The Hall–Kier alpha value is -1.66. The number of carbonyl (C=O) groups excluding carboxylic acids is 1. The van der Waals surface area contributed by atoms with Gasteiger partial charge >= 0.3 is 6.03 Å². The second kappa shape index (κ2) is 6.45. The number of urea groups is 1. The average molecular weight is 326 g/mol. The first-order chi connectivity index (χ1) is 10.9. The van der Waals surface area contributed by atoms with E-state index in [2.05, 4.69) is 10.4 Å². The van der Waals surface area contributed by atoms with E-state index in [-0.39, 0.29) is 30.8 Å². The van der Waals surface area contributed by atoms with Crippen LogP contribution in [-0.2, 0) is 7.05 Å². The highest BCUT2D eigenvalue weighted by atomic mass is 19.3. The summed E-state index contributed by atoms with van der Waals surface area (Å²) < 4.78 is 28.1. The number of aromatic nitrogens is 2. The first kappa shape index (κ1) is 16.2. The first-order valence-corrected chi connectivity index (χ1v) is 8.35. The molecule has 5 nitrogen and oxygen atoms in total. The Bertz CT molecular complexity index is 550. The van der Waals surface area contributed by atoms with Crippen LogP contribution in [0, 0.1) is 5.92 Å². The maximum Gasteiger partial charge on any atom is 0.317 e. The summed E-state index contributed by atoms with van der Waals surface area (Å²) in [5.41, 5.74) is 1.05. The summed E-state index contributed by atoms with van der Waals surface area (Å²) in [6, 6.07) is -0.0203. The molecule has 0 spiro atoms. The van der Waals surface area contributed by atoms with Crippen molar-refractivity contribution in [3.63, 3.8) is 0 Å². The number of aryl methyl sites for hydroxylation is 1. The molecular formula is C16H24F2N4O. The van der Waals surface area contributed by atoms with E-state index in [9.17, 15) is 13.6 Å². The molecule has 0 bridgehead atoms. The standard InChI is InChI=1S/C16H24F2N4O/c1-21-11-13(10-20-21)14-3-2-8-22(14)15(23)19-9-12-4-6-16(17,18)7-5-12/h10-12,14H,2-9H2,1H3,(H,19,23)/t14-/m0/s1. The highest BCUT2D eigenvalue weighted by Crippen LogP contribution is 2.36. The van der Waals surface area contributed by atoms with Gasteiger partial charge in [0.15, 0.2) is 0 Å². The normalized spacial score (nSPS) is 24.8. The highest BCUT2D eigenvalue weighted by Gasteiger charge is 2.35. The molecule has 7 heteroatoms. The Balaban J connectivity index is 1.52.